The van der Waals surface area contributed by atoms with E-state index in [-0.39, 0.29) is 5.91 Å². The smallest absolute Gasteiger partial charge is 0.221 e. The van der Waals surface area contributed by atoms with Gasteiger partial charge in [0.25, 0.3) is 0 Å². The van der Waals surface area contributed by atoms with Crippen LogP contribution in [0.15, 0.2) is 42.5 Å². The van der Waals surface area contributed by atoms with Gasteiger partial charge in [0.05, 0.1) is 0 Å². The summed E-state index contributed by atoms with van der Waals surface area (Å²) in [6.45, 7) is 5.67. The SMILES string of the molecule is CC(=O)Nc1cc(Cc2ccccc2)c(C)cc1C. The minimum atomic E-state index is -0.0300. The summed E-state index contributed by atoms with van der Waals surface area (Å²) < 4.78 is 0. The van der Waals surface area contributed by atoms with Crippen molar-refractivity contribution in [2.75, 3.05) is 5.32 Å². The number of carbonyl (C=O) groups excluding carboxylic acids is 1. The maximum absolute atomic E-state index is 11.2. The van der Waals surface area contributed by atoms with Gasteiger partial charge in [-0.2, -0.15) is 0 Å². The molecule has 2 heteroatoms. The van der Waals surface area contributed by atoms with E-state index in [1.54, 1.807) is 0 Å². The third kappa shape index (κ3) is 3.44. The molecule has 1 N–H and O–H groups in total. The highest BCUT2D eigenvalue weighted by atomic mass is 16.1. The van der Waals surface area contributed by atoms with Gasteiger partial charge in [-0.25, -0.2) is 0 Å². The molecule has 0 spiro atoms. The Morgan fingerprint density at radius 2 is 1.74 bits per heavy atom. The van der Waals surface area contributed by atoms with Crippen LogP contribution >= 0.6 is 0 Å². The zero-order valence-electron chi connectivity index (χ0n) is 11.7. The number of benzene rings is 2. The van der Waals surface area contributed by atoms with Gasteiger partial charge in [0.1, 0.15) is 0 Å². The Morgan fingerprint density at radius 1 is 1.05 bits per heavy atom. The van der Waals surface area contributed by atoms with Crippen LogP contribution in [-0.4, -0.2) is 5.91 Å². The normalized spacial score (nSPS) is 10.3. The van der Waals surface area contributed by atoms with Crippen molar-refractivity contribution in [1.82, 2.24) is 0 Å². The van der Waals surface area contributed by atoms with E-state index in [4.69, 9.17) is 0 Å². The number of carbonyl (C=O) groups is 1. The fourth-order valence-electron chi connectivity index (χ4n) is 2.23. The second-order valence-corrected chi connectivity index (χ2v) is 4.94. The second-order valence-electron chi connectivity index (χ2n) is 4.94. The molecule has 2 rings (SSSR count). The molecule has 0 radical (unpaired) electrons. The molecule has 0 saturated carbocycles. The van der Waals surface area contributed by atoms with Crippen LogP contribution in [0.5, 0.6) is 0 Å². The highest BCUT2D eigenvalue weighted by Gasteiger charge is 2.06. The molecule has 0 aromatic heterocycles. The summed E-state index contributed by atoms with van der Waals surface area (Å²) in [4.78, 5) is 11.2. The van der Waals surface area contributed by atoms with Crippen LogP contribution in [0.3, 0.4) is 0 Å². The van der Waals surface area contributed by atoms with E-state index < -0.39 is 0 Å². The highest BCUT2D eigenvalue weighted by molar-refractivity contribution is 5.89. The van der Waals surface area contributed by atoms with E-state index in [0.29, 0.717) is 0 Å². The summed E-state index contributed by atoms with van der Waals surface area (Å²) in [5.41, 5.74) is 5.80. The zero-order chi connectivity index (χ0) is 13.8. The molecule has 98 valence electrons. The number of amides is 1. The van der Waals surface area contributed by atoms with Crippen LogP contribution in [-0.2, 0) is 11.2 Å². The molecule has 0 fully saturated rings. The fourth-order valence-corrected chi connectivity index (χ4v) is 2.23. The first kappa shape index (κ1) is 13.3. The Hall–Kier alpha value is -2.09. The monoisotopic (exact) mass is 253 g/mol. The van der Waals surface area contributed by atoms with Crippen LogP contribution in [0.25, 0.3) is 0 Å². The van der Waals surface area contributed by atoms with E-state index in [0.717, 1.165) is 17.7 Å². The van der Waals surface area contributed by atoms with Gasteiger partial charge in [0, 0.05) is 12.6 Å². The largest absolute Gasteiger partial charge is 0.326 e. The molecular weight excluding hydrogens is 234 g/mol. The molecule has 0 aliphatic rings. The van der Waals surface area contributed by atoms with Gasteiger partial charge < -0.3 is 5.32 Å². The van der Waals surface area contributed by atoms with Gasteiger partial charge >= 0.3 is 0 Å². The minimum Gasteiger partial charge on any atom is -0.326 e. The van der Waals surface area contributed by atoms with Crippen LogP contribution in [0.1, 0.15) is 29.2 Å². The van der Waals surface area contributed by atoms with Crippen molar-refractivity contribution in [3.05, 3.63) is 64.7 Å². The molecular formula is C17H19NO. The van der Waals surface area contributed by atoms with Crippen molar-refractivity contribution < 1.29 is 4.79 Å². The minimum absolute atomic E-state index is 0.0300. The average Bonchev–Trinajstić information content (AvgIpc) is 2.36. The standard InChI is InChI=1S/C17H19NO/c1-12-9-13(2)17(18-14(3)19)11-16(12)10-15-7-5-4-6-8-15/h4-9,11H,10H2,1-3H3,(H,18,19). The highest BCUT2D eigenvalue weighted by Crippen LogP contribution is 2.23. The number of hydrogen-bond acceptors (Lipinski definition) is 1. The third-order valence-corrected chi connectivity index (χ3v) is 3.23. The summed E-state index contributed by atoms with van der Waals surface area (Å²) in [6, 6.07) is 14.6. The van der Waals surface area contributed by atoms with E-state index in [9.17, 15) is 4.79 Å². The first-order valence-corrected chi connectivity index (χ1v) is 6.48. The van der Waals surface area contributed by atoms with Gasteiger partial charge in [-0.15, -0.1) is 0 Å². The van der Waals surface area contributed by atoms with Gasteiger partial charge in [0.2, 0.25) is 5.91 Å². The molecule has 2 nitrogen and oxygen atoms in total. The molecule has 1 amide bonds. The van der Waals surface area contributed by atoms with Crippen LogP contribution < -0.4 is 5.32 Å². The molecule has 0 aliphatic carbocycles. The average molecular weight is 253 g/mol. The van der Waals surface area contributed by atoms with Crippen LogP contribution in [0.2, 0.25) is 0 Å². The Morgan fingerprint density at radius 3 is 2.37 bits per heavy atom. The quantitative estimate of drug-likeness (QED) is 0.884. The summed E-state index contributed by atoms with van der Waals surface area (Å²) in [7, 11) is 0. The van der Waals surface area contributed by atoms with Gasteiger partial charge in [-0.1, -0.05) is 36.4 Å². The van der Waals surface area contributed by atoms with Crippen molar-refractivity contribution >= 4 is 11.6 Å². The third-order valence-electron chi connectivity index (χ3n) is 3.23. The molecule has 0 bridgehead atoms. The van der Waals surface area contributed by atoms with Gasteiger partial charge in [-0.3, -0.25) is 4.79 Å². The molecule has 0 saturated heterocycles. The Kier molecular flexibility index (Phi) is 4.00. The van der Waals surface area contributed by atoms with Crippen molar-refractivity contribution in [2.24, 2.45) is 0 Å². The van der Waals surface area contributed by atoms with Crippen molar-refractivity contribution in [2.45, 2.75) is 27.2 Å². The molecule has 2 aromatic carbocycles. The van der Waals surface area contributed by atoms with E-state index in [2.05, 4.69) is 36.5 Å². The summed E-state index contributed by atoms with van der Waals surface area (Å²) in [5, 5.41) is 2.89. The Bertz CT molecular complexity index is 588. The molecule has 0 unspecified atom stereocenters. The van der Waals surface area contributed by atoms with Crippen molar-refractivity contribution in [3.8, 4) is 0 Å². The lowest BCUT2D eigenvalue weighted by molar-refractivity contribution is -0.114. The summed E-state index contributed by atoms with van der Waals surface area (Å²) in [5.74, 6) is -0.0300. The fraction of sp³-hybridized carbons (Fsp3) is 0.235. The molecule has 0 atom stereocenters. The lowest BCUT2D eigenvalue weighted by Gasteiger charge is -2.12. The predicted molar refractivity (Wildman–Crippen MR) is 79.5 cm³/mol. The summed E-state index contributed by atoms with van der Waals surface area (Å²) >= 11 is 0. The predicted octanol–water partition coefficient (Wildman–Crippen LogP) is 3.85. The van der Waals surface area contributed by atoms with Gasteiger partial charge in [0.15, 0.2) is 0 Å². The molecule has 0 aliphatic heterocycles. The number of nitrogens with one attached hydrogen (secondary N) is 1. The molecule has 19 heavy (non-hydrogen) atoms. The van der Waals surface area contributed by atoms with Crippen LogP contribution in [0.4, 0.5) is 5.69 Å². The lowest BCUT2D eigenvalue weighted by atomic mass is 9.97. The Labute approximate surface area is 114 Å². The topological polar surface area (TPSA) is 29.1 Å². The van der Waals surface area contributed by atoms with Crippen molar-refractivity contribution in [1.29, 1.82) is 0 Å². The van der Waals surface area contributed by atoms with Crippen LogP contribution in [0, 0.1) is 13.8 Å². The number of rotatable bonds is 3. The first-order chi connectivity index (χ1) is 9.06. The van der Waals surface area contributed by atoms with E-state index in [1.807, 2.05) is 25.1 Å². The van der Waals surface area contributed by atoms with E-state index in [1.165, 1.54) is 23.6 Å². The lowest BCUT2D eigenvalue weighted by Crippen LogP contribution is -2.08. The maximum atomic E-state index is 11.2. The molecule has 0 heterocycles. The Balaban J connectivity index is 2.32. The van der Waals surface area contributed by atoms with Crippen molar-refractivity contribution in [3.63, 3.8) is 0 Å². The second kappa shape index (κ2) is 5.70. The number of anilines is 1. The number of aryl methyl sites for hydroxylation is 2. The summed E-state index contributed by atoms with van der Waals surface area (Å²) in [6.07, 6.45) is 0.888. The molecule has 2 aromatic rings. The van der Waals surface area contributed by atoms with E-state index >= 15 is 0 Å². The maximum Gasteiger partial charge on any atom is 0.221 e. The number of hydrogen-bond donors (Lipinski definition) is 1. The van der Waals surface area contributed by atoms with Gasteiger partial charge in [-0.05, 0) is 48.6 Å². The first-order valence-electron chi connectivity index (χ1n) is 6.48. The zero-order valence-corrected chi connectivity index (χ0v) is 11.7.